The van der Waals surface area contributed by atoms with E-state index in [1.165, 1.54) is 0 Å². The summed E-state index contributed by atoms with van der Waals surface area (Å²) in [5.74, 6) is -0.234. The summed E-state index contributed by atoms with van der Waals surface area (Å²) in [6.45, 7) is 1.60. The van der Waals surface area contributed by atoms with Crippen LogP contribution in [0.25, 0.3) is 0 Å². The van der Waals surface area contributed by atoms with Crippen molar-refractivity contribution >= 4 is 30.7 Å². The number of hydroxylamine groups is 2. The SMILES string of the molecule is Cl.Cl.O=C([C@@H]([C@@H](O)c1ccncc1)N(O)CCc1ccccc1)N1CCCC1. The molecule has 3 rings (SSSR count). The Balaban J connectivity index is 0.00000196. The maximum Gasteiger partial charge on any atom is 0.245 e. The lowest BCUT2D eigenvalue weighted by Gasteiger charge is -2.32. The van der Waals surface area contributed by atoms with Crippen molar-refractivity contribution in [3.8, 4) is 0 Å². The first kappa shape index (κ1) is 24.3. The third-order valence-corrected chi connectivity index (χ3v) is 4.81. The van der Waals surface area contributed by atoms with Gasteiger partial charge in [-0.05, 0) is 42.5 Å². The van der Waals surface area contributed by atoms with Crippen LogP contribution < -0.4 is 0 Å². The minimum Gasteiger partial charge on any atom is -0.386 e. The first-order chi connectivity index (χ1) is 12.7. The summed E-state index contributed by atoms with van der Waals surface area (Å²) in [6.07, 6.45) is 4.53. The number of carbonyl (C=O) groups excluding carboxylic acids is 1. The highest BCUT2D eigenvalue weighted by molar-refractivity contribution is 5.85. The Morgan fingerprint density at radius 1 is 1.07 bits per heavy atom. The zero-order chi connectivity index (χ0) is 18.4. The van der Waals surface area contributed by atoms with Gasteiger partial charge in [0.05, 0.1) is 0 Å². The van der Waals surface area contributed by atoms with E-state index < -0.39 is 12.1 Å². The number of pyridine rings is 1. The number of likely N-dealkylation sites (tertiary alicyclic amines) is 1. The molecule has 2 N–H and O–H groups in total. The van der Waals surface area contributed by atoms with E-state index in [4.69, 9.17) is 0 Å². The fourth-order valence-corrected chi connectivity index (χ4v) is 3.32. The normalized spacial score (nSPS) is 15.5. The van der Waals surface area contributed by atoms with Crippen LogP contribution in [-0.4, -0.2) is 56.8 Å². The van der Waals surface area contributed by atoms with E-state index in [9.17, 15) is 15.1 Å². The number of halogens is 2. The highest BCUT2D eigenvalue weighted by Gasteiger charge is 2.37. The van der Waals surface area contributed by atoms with Crippen molar-refractivity contribution in [3.05, 3.63) is 66.0 Å². The lowest BCUT2D eigenvalue weighted by molar-refractivity contribution is -0.178. The van der Waals surface area contributed by atoms with Gasteiger partial charge in [-0.1, -0.05) is 30.3 Å². The van der Waals surface area contributed by atoms with Gasteiger partial charge in [-0.25, -0.2) is 0 Å². The van der Waals surface area contributed by atoms with Crippen LogP contribution in [0.1, 0.15) is 30.1 Å². The Morgan fingerprint density at radius 3 is 2.29 bits per heavy atom. The Hall–Kier alpha value is -1.70. The average molecular weight is 428 g/mol. The molecule has 28 heavy (non-hydrogen) atoms. The van der Waals surface area contributed by atoms with Crippen molar-refractivity contribution in [2.75, 3.05) is 19.6 Å². The zero-order valence-corrected chi connectivity index (χ0v) is 17.2. The smallest absolute Gasteiger partial charge is 0.245 e. The minimum atomic E-state index is -1.12. The van der Waals surface area contributed by atoms with Crippen molar-refractivity contribution in [1.82, 2.24) is 14.9 Å². The summed E-state index contributed by atoms with van der Waals surface area (Å²) >= 11 is 0. The fourth-order valence-electron chi connectivity index (χ4n) is 3.32. The van der Waals surface area contributed by atoms with Crippen molar-refractivity contribution in [3.63, 3.8) is 0 Å². The molecule has 0 aliphatic carbocycles. The third kappa shape index (κ3) is 6.15. The molecule has 2 aromatic rings. The molecule has 1 aliphatic heterocycles. The van der Waals surface area contributed by atoms with E-state index >= 15 is 0 Å². The molecular weight excluding hydrogens is 401 g/mol. The number of nitrogens with zero attached hydrogens (tertiary/aromatic N) is 3. The zero-order valence-electron chi connectivity index (χ0n) is 15.6. The second-order valence-electron chi connectivity index (χ2n) is 6.60. The maximum absolute atomic E-state index is 13.0. The second-order valence-corrected chi connectivity index (χ2v) is 6.60. The Bertz CT molecular complexity index is 700. The Labute approximate surface area is 178 Å². The number of aliphatic hydroxyl groups is 1. The molecule has 1 aliphatic rings. The van der Waals surface area contributed by atoms with E-state index in [0.717, 1.165) is 23.5 Å². The molecule has 1 saturated heterocycles. The number of carbonyl (C=O) groups is 1. The quantitative estimate of drug-likeness (QED) is 0.664. The summed E-state index contributed by atoms with van der Waals surface area (Å²) in [5, 5.41) is 22.4. The summed E-state index contributed by atoms with van der Waals surface area (Å²) in [6, 6.07) is 12.1. The van der Waals surface area contributed by atoms with Gasteiger partial charge >= 0.3 is 0 Å². The van der Waals surface area contributed by atoms with Crippen LogP contribution in [0, 0.1) is 0 Å². The van der Waals surface area contributed by atoms with Crippen LogP contribution in [0.15, 0.2) is 54.9 Å². The van der Waals surface area contributed by atoms with Gasteiger partial charge < -0.3 is 15.2 Å². The Morgan fingerprint density at radius 2 is 1.68 bits per heavy atom. The topological polar surface area (TPSA) is 76.9 Å². The summed E-state index contributed by atoms with van der Waals surface area (Å²) in [4.78, 5) is 18.6. The molecule has 2 atom stereocenters. The summed E-state index contributed by atoms with van der Waals surface area (Å²) in [5.41, 5.74) is 1.63. The van der Waals surface area contributed by atoms with Crippen LogP contribution >= 0.6 is 24.8 Å². The van der Waals surface area contributed by atoms with Crippen molar-refractivity contribution in [2.24, 2.45) is 0 Å². The van der Waals surface area contributed by atoms with E-state index in [1.807, 2.05) is 30.3 Å². The van der Waals surface area contributed by atoms with E-state index in [2.05, 4.69) is 4.98 Å². The number of hydrogen-bond acceptors (Lipinski definition) is 5. The lowest BCUT2D eigenvalue weighted by Crippen LogP contribution is -2.50. The van der Waals surface area contributed by atoms with Gasteiger partial charge in [-0.3, -0.25) is 9.78 Å². The monoisotopic (exact) mass is 427 g/mol. The van der Waals surface area contributed by atoms with Crippen LogP contribution in [0.4, 0.5) is 0 Å². The third-order valence-electron chi connectivity index (χ3n) is 4.81. The molecule has 0 saturated carbocycles. The standard InChI is InChI=1S/C20H25N3O3.2ClH/c24-19(17-8-11-21-12-9-17)18(20(25)22-13-4-5-14-22)23(26)15-10-16-6-2-1-3-7-16;;/h1-3,6-9,11-12,18-19,24,26H,4-5,10,13-15H2;2*1H/t18-,19+;;/m1../s1. The molecule has 1 amide bonds. The number of rotatable bonds is 7. The van der Waals surface area contributed by atoms with Gasteiger partial charge in [0, 0.05) is 32.0 Å². The second kappa shape index (κ2) is 12.0. The molecule has 0 bridgehead atoms. The number of hydrogen-bond donors (Lipinski definition) is 2. The molecule has 1 aromatic heterocycles. The molecule has 0 spiro atoms. The first-order valence-electron chi connectivity index (χ1n) is 9.03. The van der Waals surface area contributed by atoms with Crippen LogP contribution in [0.5, 0.6) is 0 Å². The first-order valence-corrected chi connectivity index (χ1v) is 9.03. The Kier molecular flexibility index (Phi) is 10.4. The van der Waals surface area contributed by atoms with Gasteiger partial charge in [0.1, 0.15) is 12.1 Å². The van der Waals surface area contributed by atoms with Crippen molar-refractivity contribution in [2.45, 2.75) is 31.4 Å². The van der Waals surface area contributed by atoms with E-state index in [0.29, 0.717) is 25.1 Å². The molecule has 154 valence electrons. The van der Waals surface area contributed by atoms with Gasteiger partial charge in [-0.2, -0.15) is 5.06 Å². The molecule has 2 heterocycles. The van der Waals surface area contributed by atoms with Gasteiger partial charge in [-0.15, -0.1) is 24.8 Å². The molecular formula is C20H27Cl2N3O3. The fraction of sp³-hybridized carbons (Fsp3) is 0.400. The van der Waals surface area contributed by atoms with Crippen molar-refractivity contribution in [1.29, 1.82) is 0 Å². The number of benzene rings is 1. The summed E-state index contributed by atoms with van der Waals surface area (Å²) < 4.78 is 0. The molecule has 1 fully saturated rings. The highest BCUT2D eigenvalue weighted by Crippen LogP contribution is 2.23. The molecule has 0 unspecified atom stereocenters. The highest BCUT2D eigenvalue weighted by atomic mass is 35.5. The van der Waals surface area contributed by atoms with Gasteiger partial charge in [0.25, 0.3) is 0 Å². The van der Waals surface area contributed by atoms with E-state index in [1.54, 1.807) is 29.4 Å². The molecule has 0 radical (unpaired) electrons. The average Bonchev–Trinajstić information content (AvgIpc) is 3.23. The lowest BCUT2D eigenvalue weighted by atomic mass is 10.0. The van der Waals surface area contributed by atoms with Gasteiger partial charge in [0.2, 0.25) is 5.91 Å². The van der Waals surface area contributed by atoms with Crippen LogP contribution in [0.2, 0.25) is 0 Å². The maximum atomic E-state index is 13.0. The van der Waals surface area contributed by atoms with Crippen LogP contribution in [0.3, 0.4) is 0 Å². The summed E-state index contributed by atoms with van der Waals surface area (Å²) in [7, 11) is 0. The largest absolute Gasteiger partial charge is 0.386 e. The number of amides is 1. The minimum absolute atomic E-state index is 0. The predicted molar refractivity (Wildman–Crippen MR) is 112 cm³/mol. The van der Waals surface area contributed by atoms with Crippen LogP contribution in [-0.2, 0) is 11.2 Å². The molecule has 1 aromatic carbocycles. The van der Waals surface area contributed by atoms with Gasteiger partial charge in [0.15, 0.2) is 0 Å². The number of aliphatic hydroxyl groups excluding tert-OH is 1. The molecule has 6 nitrogen and oxygen atoms in total. The van der Waals surface area contributed by atoms with Crippen molar-refractivity contribution < 1.29 is 15.1 Å². The predicted octanol–water partition coefficient (Wildman–Crippen LogP) is 2.88. The molecule has 8 heteroatoms. The number of aromatic nitrogens is 1. The van der Waals surface area contributed by atoms with E-state index in [-0.39, 0.29) is 37.3 Å².